The zero-order valence-electron chi connectivity index (χ0n) is 15.1. The minimum absolute atomic E-state index is 0.0710. The Morgan fingerprint density at radius 2 is 2.12 bits per heavy atom. The van der Waals surface area contributed by atoms with Gasteiger partial charge in [-0.15, -0.1) is 11.3 Å². The summed E-state index contributed by atoms with van der Waals surface area (Å²) in [6.07, 6.45) is 2.80. The lowest BCUT2D eigenvalue weighted by Crippen LogP contribution is -2.56. The molecule has 3 nitrogen and oxygen atoms in total. The third kappa shape index (κ3) is 2.10. The molecule has 26 heavy (non-hydrogen) atoms. The summed E-state index contributed by atoms with van der Waals surface area (Å²) in [5.41, 5.74) is 3.26. The van der Waals surface area contributed by atoms with Crippen LogP contribution < -0.4 is 5.32 Å². The van der Waals surface area contributed by atoms with E-state index in [1.807, 2.05) is 23.6 Å². The predicted octanol–water partition coefficient (Wildman–Crippen LogP) is 5.35. The van der Waals surface area contributed by atoms with Crippen LogP contribution in [0.3, 0.4) is 0 Å². The van der Waals surface area contributed by atoms with Crippen molar-refractivity contribution in [1.82, 2.24) is 4.98 Å². The molecule has 2 atom stereocenters. The third-order valence-corrected chi connectivity index (χ3v) is 6.86. The SMILES string of the molecule is CC1(C)Nc2cc(F)c(-c3csc4ncccc34)cc2C2(C)CCOC12. The Morgan fingerprint density at radius 3 is 2.96 bits per heavy atom. The molecule has 2 aliphatic rings. The number of nitrogens with zero attached hydrogens (tertiary/aromatic N) is 1. The molecule has 1 N–H and O–H groups in total. The molecule has 0 saturated carbocycles. The van der Waals surface area contributed by atoms with Crippen LogP contribution in [0.4, 0.5) is 10.1 Å². The summed E-state index contributed by atoms with van der Waals surface area (Å²) in [6.45, 7) is 7.26. The Balaban J connectivity index is 1.74. The average Bonchev–Trinajstić information content (AvgIpc) is 3.19. The van der Waals surface area contributed by atoms with Gasteiger partial charge in [0.15, 0.2) is 0 Å². The summed E-state index contributed by atoms with van der Waals surface area (Å²) in [7, 11) is 0. The zero-order valence-corrected chi connectivity index (χ0v) is 15.9. The first-order valence-corrected chi connectivity index (χ1v) is 9.84. The van der Waals surface area contributed by atoms with Gasteiger partial charge in [0.25, 0.3) is 0 Å². The minimum atomic E-state index is -0.231. The van der Waals surface area contributed by atoms with Crippen LogP contribution >= 0.6 is 11.3 Å². The number of benzene rings is 1. The van der Waals surface area contributed by atoms with Crippen molar-refractivity contribution < 1.29 is 9.13 Å². The molecule has 3 aromatic rings. The van der Waals surface area contributed by atoms with E-state index >= 15 is 4.39 Å². The fraction of sp³-hybridized carbons (Fsp3) is 0.381. The lowest BCUT2D eigenvalue weighted by Gasteiger charge is -2.48. The van der Waals surface area contributed by atoms with E-state index < -0.39 is 0 Å². The number of ether oxygens (including phenoxy) is 1. The molecule has 0 amide bonds. The number of pyridine rings is 1. The summed E-state index contributed by atoms with van der Waals surface area (Å²) in [4.78, 5) is 5.33. The second-order valence-electron chi connectivity index (χ2n) is 8.15. The molecule has 134 valence electrons. The van der Waals surface area contributed by atoms with Crippen LogP contribution in [0.5, 0.6) is 0 Å². The van der Waals surface area contributed by atoms with Crippen molar-refractivity contribution in [3.8, 4) is 11.1 Å². The second-order valence-corrected chi connectivity index (χ2v) is 9.01. The Bertz CT molecular complexity index is 1030. The normalized spacial score (nSPS) is 26.4. The molecule has 0 aliphatic carbocycles. The topological polar surface area (TPSA) is 34.2 Å². The number of rotatable bonds is 1. The smallest absolute Gasteiger partial charge is 0.133 e. The van der Waals surface area contributed by atoms with Crippen molar-refractivity contribution in [1.29, 1.82) is 0 Å². The summed E-state index contributed by atoms with van der Waals surface area (Å²) in [5, 5.41) is 6.52. The van der Waals surface area contributed by atoms with Crippen molar-refractivity contribution in [2.45, 2.75) is 44.2 Å². The van der Waals surface area contributed by atoms with Crippen molar-refractivity contribution >= 4 is 27.2 Å². The monoisotopic (exact) mass is 368 g/mol. The standard InChI is InChI=1S/C21H21FN2OS/c1-20(2)19-21(3,6-8-25-19)15-9-13(16(22)10-17(15)24-20)14-11-26-18-12(14)5-4-7-23-18/h4-5,7,9-11,19,24H,6,8H2,1-3H3. The van der Waals surface area contributed by atoms with Gasteiger partial charge < -0.3 is 10.1 Å². The second kappa shape index (κ2) is 5.27. The maximum absolute atomic E-state index is 15.1. The van der Waals surface area contributed by atoms with E-state index in [0.717, 1.165) is 40.1 Å². The highest BCUT2D eigenvalue weighted by molar-refractivity contribution is 7.17. The van der Waals surface area contributed by atoms with Crippen molar-refractivity contribution in [2.75, 3.05) is 11.9 Å². The van der Waals surface area contributed by atoms with Crippen LogP contribution in [0.2, 0.25) is 0 Å². The number of aromatic nitrogens is 1. The van der Waals surface area contributed by atoms with Gasteiger partial charge in [-0.2, -0.15) is 0 Å². The minimum Gasteiger partial charge on any atom is -0.377 e. The average molecular weight is 368 g/mol. The number of nitrogens with one attached hydrogen (secondary N) is 1. The molecule has 0 radical (unpaired) electrons. The van der Waals surface area contributed by atoms with E-state index in [9.17, 15) is 0 Å². The van der Waals surface area contributed by atoms with Gasteiger partial charge in [-0.3, -0.25) is 0 Å². The number of fused-ring (bicyclic) bond motifs is 4. The van der Waals surface area contributed by atoms with Crippen LogP contribution in [-0.2, 0) is 10.2 Å². The maximum atomic E-state index is 15.1. The maximum Gasteiger partial charge on any atom is 0.133 e. The number of hydrogen-bond acceptors (Lipinski definition) is 4. The summed E-state index contributed by atoms with van der Waals surface area (Å²) in [5.74, 6) is -0.198. The van der Waals surface area contributed by atoms with Crippen LogP contribution in [0.15, 0.2) is 35.8 Å². The summed E-state index contributed by atoms with van der Waals surface area (Å²) >= 11 is 1.56. The summed E-state index contributed by atoms with van der Waals surface area (Å²) < 4.78 is 21.2. The van der Waals surface area contributed by atoms with Crippen LogP contribution in [0, 0.1) is 5.82 Å². The van der Waals surface area contributed by atoms with Gasteiger partial charge in [-0.1, -0.05) is 6.92 Å². The van der Waals surface area contributed by atoms with E-state index in [-0.39, 0.29) is 22.9 Å². The first-order valence-electron chi connectivity index (χ1n) is 8.96. The molecule has 0 spiro atoms. The van der Waals surface area contributed by atoms with E-state index in [1.54, 1.807) is 23.6 Å². The highest BCUT2D eigenvalue weighted by Crippen LogP contribution is 2.51. The van der Waals surface area contributed by atoms with Crippen LogP contribution in [0.1, 0.15) is 32.8 Å². The quantitative estimate of drug-likeness (QED) is 0.628. The lowest BCUT2D eigenvalue weighted by atomic mass is 9.66. The van der Waals surface area contributed by atoms with Gasteiger partial charge >= 0.3 is 0 Å². The fourth-order valence-electron chi connectivity index (χ4n) is 4.83. The van der Waals surface area contributed by atoms with Gasteiger partial charge in [0.2, 0.25) is 0 Å². The number of anilines is 1. The van der Waals surface area contributed by atoms with Gasteiger partial charge in [0.1, 0.15) is 10.6 Å². The van der Waals surface area contributed by atoms with E-state index in [1.165, 1.54) is 0 Å². The largest absolute Gasteiger partial charge is 0.377 e. The first kappa shape index (κ1) is 16.2. The predicted molar refractivity (Wildman–Crippen MR) is 104 cm³/mol. The summed E-state index contributed by atoms with van der Waals surface area (Å²) in [6, 6.07) is 7.61. The van der Waals surface area contributed by atoms with Gasteiger partial charge in [0.05, 0.1) is 11.6 Å². The van der Waals surface area contributed by atoms with Crippen molar-refractivity contribution in [2.24, 2.45) is 0 Å². The van der Waals surface area contributed by atoms with Crippen LogP contribution in [-0.4, -0.2) is 23.2 Å². The Hall–Kier alpha value is -1.98. The van der Waals surface area contributed by atoms with Gasteiger partial charge in [0, 0.05) is 45.8 Å². The molecule has 1 fully saturated rings. The number of hydrogen-bond donors (Lipinski definition) is 1. The van der Waals surface area contributed by atoms with Gasteiger partial charge in [-0.05, 0) is 50.1 Å². The molecular weight excluding hydrogens is 347 g/mol. The molecule has 2 aromatic heterocycles. The third-order valence-electron chi connectivity index (χ3n) is 5.96. The zero-order chi connectivity index (χ0) is 18.1. The number of halogens is 1. The molecule has 2 unspecified atom stereocenters. The fourth-order valence-corrected chi connectivity index (χ4v) is 5.74. The van der Waals surface area contributed by atoms with Crippen molar-refractivity contribution in [3.63, 3.8) is 0 Å². The van der Waals surface area contributed by atoms with E-state index in [0.29, 0.717) is 5.56 Å². The Labute approximate surface area is 156 Å². The Kier molecular flexibility index (Phi) is 3.29. The molecule has 5 rings (SSSR count). The Morgan fingerprint density at radius 1 is 1.27 bits per heavy atom. The molecule has 4 heterocycles. The first-order chi connectivity index (χ1) is 12.4. The van der Waals surface area contributed by atoms with Crippen molar-refractivity contribution in [3.05, 3.63) is 47.2 Å². The van der Waals surface area contributed by atoms with Gasteiger partial charge in [-0.25, -0.2) is 9.37 Å². The molecule has 1 aromatic carbocycles. The highest BCUT2D eigenvalue weighted by atomic mass is 32.1. The lowest BCUT2D eigenvalue weighted by molar-refractivity contribution is 0.0352. The molecule has 2 aliphatic heterocycles. The van der Waals surface area contributed by atoms with E-state index in [2.05, 4.69) is 31.1 Å². The molecular formula is C21H21FN2OS. The van der Waals surface area contributed by atoms with Crippen LogP contribution in [0.25, 0.3) is 21.3 Å². The molecule has 0 bridgehead atoms. The number of thiophene rings is 1. The van der Waals surface area contributed by atoms with E-state index in [4.69, 9.17) is 4.74 Å². The molecule has 1 saturated heterocycles. The highest BCUT2D eigenvalue weighted by Gasteiger charge is 2.53. The molecule has 5 heteroatoms.